The van der Waals surface area contributed by atoms with Crippen LogP contribution in [0.15, 0.2) is 41.0 Å². The Morgan fingerprint density at radius 2 is 2.05 bits per heavy atom. The minimum atomic E-state index is -0.571. The van der Waals surface area contributed by atoms with Crippen LogP contribution < -0.4 is 5.32 Å². The Morgan fingerprint density at radius 3 is 2.68 bits per heavy atom. The van der Waals surface area contributed by atoms with Crippen LogP contribution in [0.3, 0.4) is 0 Å². The van der Waals surface area contributed by atoms with E-state index >= 15 is 0 Å². The lowest BCUT2D eigenvalue weighted by atomic mass is 10.1. The van der Waals surface area contributed by atoms with Gasteiger partial charge in [-0.05, 0) is 39.7 Å². The predicted molar refractivity (Wildman–Crippen MR) is 72.8 cm³/mol. The van der Waals surface area contributed by atoms with Crippen LogP contribution in [0.4, 0.5) is 10.1 Å². The molecule has 1 aromatic carbocycles. The molecule has 98 valence electrons. The Bertz CT molecular complexity index is 602. The predicted octanol–water partition coefficient (Wildman–Crippen LogP) is 3.27. The van der Waals surface area contributed by atoms with Gasteiger partial charge in [-0.2, -0.15) is 0 Å². The maximum atomic E-state index is 12.4. The number of benzene rings is 1. The van der Waals surface area contributed by atoms with E-state index in [2.05, 4.69) is 26.2 Å². The number of aromatic nitrogens is 1. The number of hydrogen-bond donors (Lipinski definition) is 2. The summed E-state index contributed by atoms with van der Waals surface area (Å²) in [6.07, 6.45) is 1.42. The smallest absolute Gasteiger partial charge is 0.255 e. The van der Waals surface area contributed by atoms with Crippen molar-refractivity contribution < 1.29 is 14.3 Å². The molecule has 1 amide bonds. The Kier molecular flexibility index (Phi) is 4.11. The second-order valence-electron chi connectivity index (χ2n) is 3.81. The highest BCUT2D eigenvalue weighted by Crippen LogP contribution is 2.24. The number of hydrogen-bond acceptors (Lipinski definition) is 3. The number of aromatic hydroxyl groups is 1. The van der Waals surface area contributed by atoms with Crippen molar-refractivity contribution in [2.24, 2.45) is 0 Å². The topological polar surface area (TPSA) is 62.2 Å². The summed E-state index contributed by atoms with van der Waals surface area (Å²) in [5, 5.41) is 12.0. The zero-order valence-electron chi connectivity index (χ0n) is 9.73. The lowest BCUT2D eigenvalue weighted by Crippen LogP contribution is -2.12. The van der Waals surface area contributed by atoms with Crippen molar-refractivity contribution in [1.29, 1.82) is 0 Å². The fourth-order valence-electron chi connectivity index (χ4n) is 1.46. The van der Waals surface area contributed by atoms with Crippen molar-refractivity contribution in [3.05, 3.63) is 52.1 Å². The molecule has 0 radical (unpaired) electrons. The van der Waals surface area contributed by atoms with E-state index in [1.807, 2.05) is 0 Å². The lowest BCUT2D eigenvalue weighted by molar-refractivity contribution is 0.102. The third-order valence-electron chi connectivity index (χ3n) is 2.45. The summed E-state index contributed by atoms with van der Waals surface area (Å²) in [7, 11) is 0. The minimum absolute atomic E-state index is 0.203. The van der Waals surface area contributed by atoms with Gasteiger partial charge in [0.25, 0.3) is 5.91 Å². The molecule has 0 atom stereocenters. The molecule has 0 spiro atoms. The second kappa shape index (κ2) is 5.79. The van der Waals surface area contributed by atoms with Crippen molar-refractivity contribution in [1.82, 2.24) is 4.98 Å². The molecule has 4 nitrogen and oxygen atoms in total. The Labute approximate surface area is 117 Å². The molecular weight excluding hydrogens is 315 g/mol. The molecule has 2 rings (SSSR count). The van der Waals surface area contributed by atoms with Crippen molar-refractivity contribution in [2.75, 3.05) is 5.32 Å². The van der Waals surface area contributed by atoms with Crippen LogP contribution in [0, 0.1) is 0 Å². The maximum absolute atomic E-state index is 12.4. The van der Waals surface area contributed by atoms with Crippen LogP contribution in [0.2, 0.25) is 0 Å². The summed E-state index contributed by atoms with van der Waals surface area (Å²) in [6.45, 7) is -0.571. The Hall–Kier alpha value is -1.95. The van der Waals surface area contributed by atoms with Gasteiger partial charge in [0.05, 0.1) is 0 Å². The summed E-state index contributed by atoms with van der Waals surface area (Å²) < 4.78 is 13.0. The summed E-state index contributed by atoms with van der Waals surface area (Å²) in [5.74, 6) is -0.669. The molecular formula is C13H10BrFN2O2. The molecule has 2 aromatic rings. The van der Waals surface area contributed by atoms with E-state index in [0.29, 0.717) is 15.6 Å². The molecule has 19 heavy (non-hydrogen) atoms. The highest BCUT2D eigenvalue weighted by Gasteiger charge is 2.10. The molecule has 0 aliphatic rings. The number of pyridine rings is 1. The van der Waals surface area contributed by atoms with Gasteiger partial charge in [0.15, 0.2) is 0 Å². The van der Waals surface area contributed by atoms with E-state index in [0.717, 1.165) is 0 Å². The van der Waals surface area contributed by atoms with Crippen molar-refractivity contribution in [3.63, 3.8) is 0 Å². The van der Waals surface area contributed by atoms with Crippen LogP contribution in [0.5, 0.6) is 5.88 Å². The molecule has 1 heterocycles. The fourth-order valence-corrected chi connectivity index (χ4v) is 1.80. The molecule has 2 N–H and O–H groups in total. The molecule has 0 aliphatic heterocycles. The molecule has 0 fully saturated rings. The average Bonchev–Trinajstić information content (AvgIpc) is 2.43. The molecule has 0 saturated carbocycles. The van der Waals surface area contributed by atoms with Crippen molar-refractivity contribution >= 4 is 27.5 Å². The summed E-state index contributed by atoms with van der Waals surface area (Å²) in [4.78, 5) is 15.6. The monoisotopic (exact) mass is 324 g/mol. The minimum Gasteiger partial charge on any atom is -0.492 e. The zero-order chi connectivity index (χ0) is 13.8. The van der Waals surface area contributed by atoms with Gasteiger partial charge in [-0.1, -0.05) is 12.1 Å². The van der Waals surface area contributed by atoms with Crippen LogP contribution in [-0.4, -0.2) is 16.0 Å². The number of nitrogens with zero attached hydrogens (tertiary/aromatic N) is 1. The van der Waals surface area contributed by atoms with Crippen LogP contribution >= 0.6 is 15.9 Å². The quantitative estimate of drug-likeness (QED) is 0.910. The first-order valence-corrected chi connectivity index (χ1v) is 6.20. The first-order chi connectivity index (χ1) is 9.10. The number of carbonyl (C=O) groups is 1. The standard InChI is InChI=1S/C13H10BrFN2O2/c14-10-5-11(13(19)16-7-10)17-12(18)9-3-1-8(6-15)2-4-9/h1-5,7H,6H2,(H,16,19)(H,17,18). The van der Waals surface area contributed by atoms with Crippen LogP contribution in [0.25, 0.3) is 0 Å². The third-order valence-corrected chi connectivity index (χ3v) is 2.89. The summed E-state index contributed by atoms with van der Waals surface area (Å²) in [5.41, 5.74) is 1.08. The van der Waals surface area contributed by atoms with Gasteiger partial charge in [0, 0.05) is 16.2 Å². The van der Waals surface area contributed by atoms with Crippen LogP contribution in [-0.2, 0) is 6.67 Å². The number of alkyl halides is 1. The molecule has 0 bridgehead atoms. The normalized spacial score (nSPS) is 10.2. The number of amides is 1. The second-order valence-corrected chi connectivity index (χ2v) is 4.73. The number of rotatable bonds is 3. The van der Waals surface area contributed by atoms with Gasteiger partial charge in [0.2, 0.25) is 5.88 Å². The van der Waals surface area contributed by atoms with Gasteiger partial charge < -0.3 is 10.4 Å². The van der Waals surface area contributed by atoms with Crippen molar-refractivity contribution in [3.8, 4) is 5.88 Å². The van der Waals surface area contributed by atoms with Gasteiger partial charge in [-0.3, -0.25) is 4.79 Å². The first kappa shape index (κ1) is 13.5. The van der Waals surface area contributed by atoms with Gasteiger partial charge in [0.1, 0.15) is 12.4 Å². The van der Waals surface area contributed by atoms with E-state index in [1.165, 1.54) is 36.5 Å². The molecule has 6 heteroatoms. The largest absolute Gasteiger partial charge is 0.492 e. The van der Waals surface area contributed by atoms with E-state index in [-0.39, 0.29) is 11.6 Å². The number of carbonyl (C=O) groups excluding carboxylic acids is 1. The fraction of sp³-hybridized carbons (Fsp3) is 0.0769. The summed E-state index contributed by atoms with van der Waals surface area (Å²) >= 11 is 3.19. The van der Waals surface area contributed by atoms with Crippen LogP contribution in [0.1, 0.15) is 15.9 Å². The molecule has 1 aromatic heterocycles. The average molecular weight is 325 g/mol. The van der Waals surface area contributed by atoms with E-state index in [1.54, 1.807) is 0 Å². The van der Waals surface area contributed by atoms with E-state index < -0.39 is 12.6 Å². The Balaban J connectivity index is 2.18. The Morgan fingerprint density at radius 1 is 1.37 bits per heavy atom. The van der Waals surface area contributed by atoms with Gasteiger partial charge >= 0.3 is 0 Å². The SMILES string of the molecule is O=C(Nc1cc(Br)cnc1O)c1ccc(CF)cc1. The van der Waals surface area contributed by atoms with E-state index in [4.69, 9.17) is 0 Å². The summed E-state index contributed by atoms with van der Waals surface area (Å²) in [6, 6.07) is 7.65. The maximum Gasteiger partial charge on any atom is 0.255 e. The molecule has 0 saturated heterocycles. The van der Waals surface area contributed by atoms with Crippen molar-refractivity contribution in [2.45, 2.75) is 6.67 Å². The lowest BCUT2D eigenvalue weighted by Gasteiger charge is -2.07. The zero-order valence-corrected chi connectivity index (χ0v) is 11.3. The van der Waals surface area contributed by atoms with E-state index in [9.17, 15) is 14.3 Å². The number of halogens is 2. The highest BCUT2D eigenvalue weighted by molar-refractivity contribution is 9.10. The third kappa shape index (κ3) is 3.29. The van der Waals surface area contributed by atoms with Gasteiger partial charge in [-0.25, -0.2) is 9.37 Å². The number of anilines is 1. The molecule has 0 aliphatic carbocycles. The van der Waals surface area contributed by atoms with Gasteiger partial charge in [-0.15, -0.1) is 0 Å². The number of nitrogens with one attached hydrogen (secondary N) is 1. The molecule has 0 unspecified atom stereocenters. The first-order valence-electron chi connectivity index (χ1n) is 5.41. The highest BCUT2D eigenvalue weighted by atomic mass is 79.9.